The van der Waals surface area contributed by atoms with Crippen molar-refractivity contribution in [2.75, 3.05) is 20.2 Å². The average Bonchev–Trinajstić information content (AvgIpc) is 2.72. The number of hydrogen-bond donors (Lipinski definition) is 1. The van der Waals surface area contributed by atoms with E-state index in [2.05, 4.69) is 4.90 Å². The van der Waals surface area contributed by atoms with Crippen molar-refractivity contribution >= 4 is 18.3 Å². The number of carbonyl (C=O) groups is 1. The third-order valence-corrected chi connectivity index (χ3v) is 7.18. The van der Waals surface area contributed by atoms with Crippen LogP contribution in [-0.2, 0) is 16.1 Å². The van der Waals surface area contributed by atoms with E-state index in [4.69, 9.17) is 15.2 Å². The minimum absolute atomic E-state index is 0. The van der Waals surface area contributed by atoms with Crippen molar-refractivity contribution in [2.45, 2.75) is 63.7 Å². The monoisotopic (exact) mass is 422 g/mol. The maximum Gasteiger partial charge on any atom is 0.225 e. The highest BCUT2D eigenvalue weighted by atomic mass is 35.5. The molecule has 1 amide bonds. The van der Waals surface area contributed by atoms with E-state index in [1.54, 1.807) is 7.11 Å². The molecule has 1 heterocycles. The average molecular weight is 423 g/mol. The van der Waals surface area contributed by atoms with Crippen LogP contribution in [0.4, 0.5) is 0 Å². The van der Waals surface area contributed by atoms with Gasteiger partial charge in [0.05, 0.1) is 19.8 Å². The van der Waals surface area contributed by atoms with Crippen LogP contribution in [-0.4, -0.2) is 43.2 Å². The quantitative estimate of drug-likeness (QED) is 0.784. The zero-order valence-corrected chi connectivity index (χ0v) is 18.2. The molecule has 2 bridgehead atoms. The van der Waals surface area contributed by atoms with Crippen LogP contribution in [0.1, 0.15) is 50.5 Å². The van der Waals surface area contributed by atoms with Crippen LogP contribution in [0.5, 0.6) is 5.75 Å². The summed E-state index contributed by atoms with van der Waals surface area (Å²) in [4.78, 5) is 15.2. The molecule has 3 fully saturated rings. The van der Waals surface area contributed by atoms with Gasteiger partial charge in [-0.1, -0.05) is 24.6 Å². The number of nitrogens with zero attached hydrogens (tertiary/aromatic N) is 1. The number of rotatable bonds is 5. The fourth-order valence-electron chi connectivity index (χ4n) is 5.52. The summed E-state index contributed by atoms with van der Waals surface area (Å²) in [5, 5.41) is 0. The molecule has 1 saturated heterocycles. The van der Waals surface area contributed by atoms with Crippen molar-refractivity contribution in [2.24, 2.45) is 23.5 Å². The summed E-state index contributed by atoms with van der Waals surface area (Å²) in [5.74, 6) is 2.55. The maximum absolute atomic E-state index is 13.1. The number of nitrogens with two attached hydrogens (primary N) is 1. The van der Waals surface area contributed by atoms with E-state index in [-0.39, 0.29) is 24.4 Å². The molecule has 6 heteroatoms. The van der Waals surface area contributed by atoms with E-state index >= 15 is 0 Å². The molecule has 4 rings (SSSR count). The molecule has 3 aliphatic rings. The fourth-order valence-corrected chi connectivity index (χ4v) is 5.52. The molecule has 0 aromatic heterocycles. The first kappa shape index (κ1) is 22.4. The van der Waals surface area contributed by atoms with E-state index in [0.717, 1.165) is 50.1 Å². The number of para-hydroxylation sites is 1. The van der Waals surface area contributed by atoms with Crippen molar-refractivity contribution in [1.29, 1.82) is 0 Å². The van der Waals surface area contributed by atoms with Crippen molar-refractivity contribution < 1.29 is 14.3 Å². The molecule has 2 N–H and O–H groups in total. The molecular weight excluding hydrogens is 388 g/mol. The number of fused-ring (bicyclic) bond motifs is 2. The maximum atomic E-state index is 13.1. The highest BCUT2D eigenvalue weighted by Crippen LogP contribution is 2.42. The number of ether oxygens (including phenoxy) is 2. The first-order chi connectivity index (χ1) is 13.7. The van der Waals surface area contributed by atoms with Crippen molar-refractivity contribution in [1.82, 2.24) is 4.90 Å². The van der Waals surface area contributed by atoms with Crippen LogP contribution >= 0.6 is 12.4 Å². The summed E-state index contributed by atoms with van der Waals surface area (Å²) in [7, 11) is 1.69. The lowest BCUT2D eigenvalue weighted by Crippen LogP contribution is -2.51. The molecule has 5 nitrogen and oxygen atoms in total. The predicted molar refractivity (Wildman–Crippen MR) is 116 cm³/mol. The largest absolute Gasteiger partial charge is 0.496 e. The Morgan fingerprint density at radius 3 is 2.41 bits per heavy atom. The van der Waals surface area contributed by atoms with Crippen molar-refractivity contribution in [3.63, 3.8) is 0 Å². The molecule has 29 heavy (non-hydrogen) atoms. The Kier molecular flexibility index (Phi) is 7.83. The van der Waals surface area contributed by atoms with Gasteiger partial charge in [-0.25, -0.2) is 0 Å². The number of benzene rings is 1. The highest BCUT2D eigenvalue weighted by Gasteiger charge is 2.42. The van der Waals surface area contributed by atoms with Crippen LogP contribution in [0, 0.1) is 17.8 Å². The van der Waals surface area contributed by atoms with Crippen molar-refractivity contribution in [3.8, 4) is 5.75 Å². The highest BCUT2D eigenvalue weighted by molar-refractivity contribution is 5.85. The Morgan fingerprint density at radius 1 is 1.10 bits per heavy atom. The SMILES string of the molecule is COc1ccccc1COC1CCN(C(=O)C2CC3CCCC(C2)C3N)CC1.Cl. The van der Waals surface area contributed by atoms with Crippen LogP contribution < -0.4 is 10.5 Å². The molecule has 1 aromatic carbocycles. The topological polar surface area (TPSA) is 64.8 Å². The second-order valence-corrected chi connectivity index (χ2v) is 8.84. The molecular formula is C23H35ClN2O3. The summed E-state index contributed by atoms with van der Waals surface area (Å²) in [6, 6.07) is 8.31. The Hall–Kier alpha value is -1.30. The number of piperidine rings is 1. The summed E-state index contributed by atoms with van der Waals surface area (Å²) in [6.07, 6.45) is 7.76. The van der Waals surface area contributed by atoms with Gasteiger partial charge in [0.25, 0.3) is 0 Å². The molecule has 2 saturated carbocycles. The standard InChI is InChI=1S/C23H34N2O3.ClH/c1-27-21-8-3-2-5-18(21)15-28-20-9-11-25(12-10-20)23(26)19-13-16-6-4-7-17(14-19)22(16)24;/h2-3,5,8,16-17,19-20,22H,4,6-7,9-15,24H2,1H3;1H. The van der Waals surface area contributed by atoms with E-state index in [1.165, 1.54) is 19.3 Å². The smallest absolute Gasteiger partial charge is 0.225 e. The van der Waals surface area contributed by atoms with Gasteiger partial charge in [-0.2, -0.15) is 0 Å². The van der Waals surface area contributed by atoms with Gasteiger partial charge >= 0.3 is 0 Å². The molecule has 2 atom stereocenters. The lowest BCUT2D eigenvalue weighted by Gasteiger charge is -2.45. The Bertz CT molecular complexity index is 664. The molecule has 2 aliphatic carbocycles. The summed E-state index contributed by atoms with van der Waals surface area (Å²) in [5.41, 5.74) is 7.47. The number of hydrogen-bond acceptors (Lipinski definition) is 4. The third-order valence-electron chi connectivity index (χ3n) is 7.18. The molecule has 1 aromatic rings. The zero-order valence-electron chi connectivity index (χ0n) is 17.4. The van der Waals surface area contributed by atoms with E-state index < -0.39 is 0 Å². The van der Waals surface area contributed by atoms with Gasteiger partial charge < -0.3 is 20.1 Å². The summed E-state index contributed by atoms with van der Waals surface area (Å²) in [6.45, 7) is 2.19. The molecule has 162 valence electrons. The normalized spacial score (nSPS) is 29.8. The number of methoxy groups -OCH3 is 1. The van der Waals surface area contributed by atoms with Gasteiger partial charge in [0, 0.05) is 30.6 Å². The van der Waals surface area contributed by atoms with Crippen LogP contribution in [0.25, 0.3) is 0 Å². The van der Waals surface area contributed by atoms with E-state index in [1.807, 2.05) is 24.3 Å². The van der Waals surface area contributed by atoms with Crippen LogP contribution in [0.2, 0.25) is 0 Å². The number of likely N-dealkylation sites (tertiary alicyclic amines) is 1. The molecule has 1 aliphatic heterocycles. The third kappa shape index (κ3) is 5.07. The predicted octanol–water partition coefficient (Wildman–Crippen LogP) is 3.78. The van der Waals surface area contributed by atoms with Gasteiger partial charge in [0.2, 0.25) is 5.91 Å². The minimum atomic E-state index is 0. The van der Waals surface area contributed by atoms with Gasteiger partial charge in [-0.15, -0.1) is 12.4 Å². The molecule has 0 spiro atoms. The van der Waals surface area contributed by atoms with E-state index in [9.17, 15) is 4.79 Å². The zero-order chi connectivity index (χ0) is 19.5. The molecule has 0 radical (unpaired) electrons. The first-order valence-electron chi connectivity index (χ1n) is 10.9. The van der Waals surface area contributed by atoms with Gasteiger partial charge in [-0.3, -0.25) is 4.79 Å². The van der Waals surface area contributed by atoms with Gasteiger partial charge in [0.1, 0.15) is 5.75 Å². The summed E-state index contributed by atoms with van der Waals surface area (Å²) < 4.78 is 11.5. The van der Waals surface area contributed by atoms with Crippen LogP contribution in [0.3, 0.4) is 0 Å². The second-order valence-electron chi connectivity index (χ2n) is 8.84. The summed E-state index contributed by atoms with van der Waals surface area (Å²) >= 11 is 0. The number of carbonyl (C=O) groups excluding carboxylic acids is 1. The molecule has 2 unspecified atom stereocenters. The van der Waals surface area contributed by atoms with Gasteiger partial charge in [-0.05, 0) is 56.4 Å². The number of amides is 1. The first-order valence-corrected chi connectivity index (χ1v) is 10.9. The second kappa shape index (κ2) is 10.1. The minimum Gasteiger partial charge on any atom is -0.496 e. The lowest BCUT2D eigenvalue weighted by molar-refractivity contribution is -0.141. The van der Waals surface area contributed by atoms with Crippen LogP contribution in [0.15, 0.2) is 24.3 Å². The van der Waals surface area contributed by atoms with Gasteiger partial charge in [0.15, 0.2) is 0 Å². The Morgan fingerprint density at radius 2 is 1.76 bits per heavy atom. The Balaban J connectivity index is 0.00000240. The Labute approximate surface area is 180 Å². The fraction of sp³-hybridized carbons (Fsp3) is 0.696. The van der Waals surface area contributed by atoms with Crippen molar-refractivity contribution in [3.05, 3.63) is 29.8 Å². The van der Waals surface area contributed by atoms with E-state index in [0.29, 0.717) is 30.4 Å². The lowest BCUT2D eigenvalue weighted by atomic mass is 9.65. The number of halogens is 1.